The second-order valence-electron chi connectivity index (χ2n) is 8.28. The van der Waals surface area contributed by atoms with Crippen molar-refractivity contribution in [2.75, 3.05) is 26.2 Å². The minimum atomic E-state index is -4.95. The van der Waals surface area contributed by atoms with Crippen LogP contribution in [-0.2, 0) is 14.4 Å². The van der Waals surface area contributed by atoms with Gasteiger partial charge in [-0.25, -0.2) is 0 Å². The van der Waals surface area contributed by atoms with Crippen molar-refractivity contribution >= 4 is 18.2 Å². The third-order valence-electron chi connectivity index (χ3n) is 4.10. The summed E-state index contributed by atoms with van der Waals surface area (Å²) in [5, 5.41) is 11.9. The Morgan fingerprint density at radius 1 is 1.28 bits per heavy atom. The van der Waals surface area contributed by atoms with E-state index >= 15 is 0 Å². The molecule has 4 N–H and O–H groups in total. The topological polar surface area (TPSA) is 128 Å². The zero-order chi connectivity index (χ0) is 26.1. The van der Waals surface area contributed by atoms with Crippen LogP contribution in [0.15, 0.2) is 0 Å². The van der Waals surface area contributed by atoms with Crippen LogP contribution in [-0.4, -0.2) is 61.5 Å². The highest BCUT2D eigenvalue weighted by molar-refractivity contribution is 5.87. The molecule has 0 aromatic carbocycles. The van der Waals surface area contributed by atoms with Gasteiger partial charge in [0.15, 0.2) is 0 Å². The Bertz CT molecular complexity index is 587. The molecule has 3 amide bonds. The molecule has 188 valence electrons. The van der Waals surface area contributed by atoms with Crippen LogP contribution >= 0.6 is 0 Å². The monoisotopic (exact) mass is 467 g/mol. The molecule has 0 radical (unpaired) electrons. The van der Waals surface area contributed by atoms with E-state index in [0.717, 1.165) is 5.92 Å². The fourth-order valence-electron chi connectivity index (χ4n) is 2.09. The molecule has 0 bridgehead atoms. The van der Waals surface area contributed by atoms with Gasteiger partial charge >= 0.3 is 12.1 Å². The SMILES string of the molecule is CC.CC(C)C.C[C@H]1CN(C(=O)CNC(=O)C(F)(F)F)CC1(C)C.N#CC(CN)NC=O. The summed E-state index contributed by atoms with van der Waals surface area (Å²) in [6, 6.07) is 1.25. The van der Waals surface area contributed by atoms with E-state index in [1.807, 2.05) is 34.6 Å². The Labute approximate surface area is 190 Å². The molecule has 0 aromatic rings. The zero-order valence-corrected chi connectivity index (χ0v) is 20.5. The Morgan fingerprint density at radius 3 is 2.00 bits per heavy atom. The smallest absolute Gasteiger partial charge is 0.342 e. The van der Waals surface area contributed by atoms with E-state index in [1.165, 1.54) is 4.90 Å². The Morgan fingerprint density at radius 2 is 1.75 bits per heavy atom. The molecule has 1 aliphatic rings. The molecule has 1 unspecified atom stereocenters. The second-order valence-corrected chi connectivity index (χ2v) is 8.28. The van der Waals surface area contributed by atoms with Crippen molar-refractivity contribution in [3.05, 3.63) is 0 Å². The molecule has 0 aromatic heterocycles. The lowest BCUT2D eigenvalue weighted by molar-refractivity contribution is -0.174. The van der Waals surface area contributed by atoms with Gasteiger partial charge in [0.1, 0.15) is 6.04 Å². The molecule has 1 fully saturated rings. The predicted octanol–water partition coefficient (Wildman–Crippen LogP) is 2.44. The maximum Gasteiger partial charge on any atom is 0.471 e. The molecule has 11 heteroatoms. The van der Waals surface area contributed by atoms with E-state index in [1.54, 1.807) is 11.4 Å². The van der Waals surface area contributed by atoms with E-state index in [0.29, 0.717) is 19.5 Å². The minimum Gasteiger partial charge on any atom is -0.342 e. The zero-order valence-electron chi connectivity index (χ0n) is 20.5. The van der Waals surface area contributed by atoms with Crippen LogP contribution in [0, 0.1) is 28.6 Å². The van der Waals surface area contributed by atoms with Crippen molar-refractivity contribution in [2.24, 2.45) is 23.0 Å². The summed E-state index contributed by atoms with van der Waals surface area (Å²) in [6.07, 6.45) is -4.49. The number of amides is 3. The number of rotatable bonds is 5. The van der Waals surface area contributed by atoms with Gasteiger partial charge in [-0.3, -0.25) is 14.4 Å². The Hall–Kier alpha value is -2.35. The third-order valence-corrected chi connectivity index (χ3v) is 4.10. The number of nitrogens with zero attached hydrogens (tertiary/aromatic N) is 2. The van der Waals surface area contributed by atoms with E-state index in [-0.39, 0.29) is 17.9 Å². The van der Waals surface area contributed by atoms with Crippen molar-refractivity contribution < 1.29 is 27.6 Å². The van der Waals surface area contributed by atoms with E-state index in [2.05, 4.69) is 26.1 Å². The Kier molecular flexibility index (Phi) is 18.5. The first-order chi connectivity index (χ1) is 14.6. The predicted molar refractivity (Wildman–Crippen MR) is 118 cm³/mol. The number of hydrogen-bond donors (Lipinski definition) is 3. The average Bonchev–Trinajstić information content (AvgIpc) is 2.97. The standard InChI is InChI=1S/C11H17F3N2O2.C4H7N3O.C4H10.C2H6/c1-7-5-16(6-10(7,2)3)8(17)4-15-9(18)11(12,13)14;5-1-4(2-6)7-3-8;1-4(2)3;1-2/h7H,4-6H2,1-3H3,(H,15,18);3-4H,1,5H2,(H,7,8);4H,1-3H3;1-2H3/t7-;;;/m0.../s1. The Balaban J connectivity index is -0.000000498. The lowest BCUT2D eigenvalue weighted by Gasteiger charge is -2.22. The van der Waals surface area contributed by atoms with E-state index in [9.17, 15) is 27.6 Å². The number of likely N-dealkylation sites (tertiary alicyclic amines) is 1. The van der Waals surface area contributed by atoms with Crippen molar-refractivity contribution in [3.8, 4) is 6.07 Å². The molecule has 0 aliphatic carbocycles. The molecule has 1 rings (SSSR count). The van der Waals surface area contributed by atoms with Gasteiger partial charge in [0.2, 0.25) is 12.3 Å². The van der Waals surface area contributed by atoms with Gasteiger partial charge in [-0.1, -0.05) is 55.4 Å². The molecule has 1 heterocycles. The van der Waals surface area contributed by atoms with E-state index < -0.39 is 30.6 Å². The summed E-state index contributed by atoms with van der Waals surface area (Å²) in [7, 11) is 0. The average molecular weight is 468 g/mol. The van der Waals surface area contributed by atoms with Gasteiger partial charge in [0, 0.05) is 19.6 Å². The van der Waals surface area contributed by atoms with Crippen LogP contribution in [0.5, 0.6) is 0 Å². The number of nitrogens with one attached hydrogen (secondary N) is 2. The van der Waals surface area contributed by atoms with E-state index in [4.69, 9.17) is 11.0 Å². The number of alkyl halides is 3. The van der Waals surface area contributed by atoms with Crippen LogP contribution in [0.3, 0.4) is 0 Å². The van der Waals surface area contributed by atoms with Crippen LogP contribution < -0.4 is 16.4 Å². The quantitative estimate of drug-likeness (QED) is 0.535. The molecule has 1 saturated heterocycles. The molecule has 32 heavy (non-hydrogen) atoms. The number of carbonyl (C=O) groups is 3. The molecule has 0 spiro atoms. The molecule has 0 saturated carbocycles. The third kappa shape index (κ3) is 16.4. The fraction of sp³-hybridized carbons (Fsp3) is 0.810. The summed E-state index contributed by atoms with van der Waals surface area (Å²) in [5.74, 6) is -1.45. The number of nitrogens with two attached hydrogens (primary N) is 1. The first kappa shape index (κ1) is 34.3. The number of halogens is 3. The lowest BCUT2D eigenvalue weighted by Crippen LogP contribution is -2.44. The number of carbonyl (C=O) groups excluding carboxylic acids is 3. The molecule has 2 atom stereocenters. The second kappa shape index (κ2) is 17.2. The van der Waals surface area contributed by atoms with Crippen molar-refractivity contribution in [1.82, 2.24) is 15.5 Å². The van der Waals surface area contributed by atoms with Gasteiger partial charge in [0.05, 0.1) is 12.6 Å². The molecule has 1 aliphatic heterocycles. The summed E-state index contributed by atoms with van der Waals surface area (Å²) in [6.45, 7) is 17.0. The first-order valence-electron chi connectivity index (χ1n) is 10.5. The normalized spacial score (nSPS) is 17.1. The molecule has 8 nitrogen and oxygen atoms in total. The van der Waals surface area contributed by atoms with Gasteiger partial charge < -0.3 is 21.3 Å². The largest absolute Gasteiger partial charge is 0.471 e. The van der Waals surface area contributed by atoms with Crippen molar-refractivity contribution in [2.45, 2.75) is 67.6 Å². The van der Waals surface area contributed by atoms with Crippen LogP contribution in [0.2, 0.25) is 0 Å². The van der Waals surface area contributed by atoms with Gasteiger partial charge in [0.25, 0.3) is 0 Å². The summed E-state index contributed by atoms with van der Waals surface area (Å²) >= 11 is 0. The molecular formula is C21H40F3N5O3. The first-order valence-corrected chi connectivity index (χ1v) is 10.5. The van der Waals surface area contributed by atoms with Crippen molar-refractivity contribution in [3.63, 3.8) is 0 Å². The fourth-order valence-corrected chi connectivity index (χ4v) is 2.09. The maximum absolute atomic E-state index is 11.9. The minimum absolute atomic E-state index is 0.0519. The summed E-state index contributed by atoms with van der Waals surface area (Å²) < 4.78 is 35.8. The maximum atomic E-state index is 11.9. The highest BCUT2D eigenvalue weighted by atomic mass is 19.4. The highest BCUT2D eigenvalue weighted by Gasteiger charge is 2.41. The van der Waals surface area contributed by atoms with Gasteiger partial charge in [-0.2, -0.15) is 18.4 Å². The number of hydrogen-bond acceptors (Lipinski definition) is 5. The van der Waals surface area contributed by atoms with Crippen molar-refractivity contribution in [1.29, 1.82) is 5.26 Å². The van der Waals surface area contributed by atoms with Crippen LogP contribution in [0.1, 0.15) is 55.4 Å². The molecular weight excluding hydrogens is 427 g/mol. The highest BCUT2D eigenvalue weighted by Crippen LogP contribution is 2.34. The van der Waals surface area contributed by atoms with Gasteiger partial charge in [-0.05, 0) is 17.3 Å². The van der Waals surface area contributed by atoms with Crippen LogP contribution in [0.25, 0.3) is 0 Å². The van der Waals surface area contributed by atoms with Gasteiger partial charge in [-0.15, -0.1) is 0 Å². The summed E-state index contributed by atoms with van der Waals surface area (Å²) in [4.78, 5) is 33.3. The summed E-state index contributed by atoms with van der Waals surface area (Å²) in [5.41, 5.74) is 4.97. The number of nitriles is 1. The van der Waals surface area contributed by atoms with Crippen LogP contribution in [0.4, 0.5) is 13.2 Å². The lowest BCUT2D eigenvalue weighted by atomic mass is 9.84.